The lowest BCUT2D eigenvalue weighted by Crippen LogP contribution is -2.42. The van der Waals surface area contributed by atoms with E-state index in [2.05, 4.69) is 31.1 Å². The Morgan fingerprint density at radius 2 is 1.88 bits per heavy atom. The van der Waals surface area contributed by atoms with Crippen LogP contribution < -0.4 is 0 Å². The molecule has 0 N–H and O–H groups in total. The molecule has 1 saturated heterocycles. The number of hydrogen-bond donors (Lipinski definition) is 0. The van der Waals surface area contributed by atoms with Crippen molar-refractivity contribution in [3.8, 4) is 0 Å². The quantitative estimate of drug-likeness (QED) is 0.384. The van der Waals surface area contributed by atoms with Crippen molar-refractivity contribution < 1.29 is 22.8 Å². The molecule has 2 aliphatic rings. The molecule has 3 aromatic rings. The molecule has 0 saturated carbocycles. The number of amides is 2. The van der Waals surface area contributed by atoms with Gasteiger partial charge in [-0.25, -0.2) is 4.98 Å². The van der Waals surface area contributed by atoms with E-state index in [4.69, 9.17) is 4.98 Å². The van der Waals surface area contributed by atoms with Crippen LogP contribution in [0.5, 0.6) is 0 Å². The fraction of sp³-hybridized carbons (Fsp3) is 0.517. The number of fused-ring (bicyclic) bond motifs is 1. The first kappa shape index (κ1) is 28.3. The standard InChI is InChI=1S/C29H34F3N5O2S/c1-18-15-23(29(30,31)32)34-37(18)16-24(38)36-13-10-20(11-14-36)26-33-22(17-40-26)27(39)35(4)25-21-8-6-5-7-19(21)9-12-28(25,2)3/h5-8,15,17,20,25H,9-14,16H2,1-4H3. The van der Waals surface area contributed by atoms with Gasteiger partial charge in [0.05, 0.1) is 11.0 Å². The summed E-state index contributed by atoms with van der Waals surface area (Å²) in [6.45, 7) is 6.66. The zero-order valence-electron chi connectivity index (χ0n) is 23.2. The highest BCUT2D eigenvalue weighted by Gasteiger charge is 2.41. The minimum Gasteiger partial charge on any atom is -0.341 e. The minimum absolute atomic E-state index is 0.0463. The van der Waals surface area contributed by atoms with Crippen LogP contribution in [-0.4, -0.2) is 56.5 Å². The third-order valence-electron chi connectivity index (χ3n) is 8.33. The normalized spacial score (nSPS) is 19.4. The van der Waals surface area contributed by atoms with E-state index in [1.54, 1.807) is 4.90 Å². The molecule has 11 heteroatoms. The van der Waals surface area contributed by atoms with E-state index in [9.17, 15) is 22.8 Å². The Labute approximate surface area is 236 Å². The lowest BCUT2D eigenvalue weighted by atomic mass is 9.69. The fourth-order valence-electron chi connectivity index (χ4n) is 6.06. The van der Waals surface area contributed by atoms with Gasteiger partial charge in [-0.2, -0.15) is 18.3 Å². The number of piperidine rings is 1. The summed E-state index contributed by atoms with van der Waals surface area (Å²) >= 11 is 1.47. The Morgan fingerprint density at radius 3 is 2.55 bits per heavy atom. The summed E-state index contributed by atoms with van der Waals surface area (Å²) in [5, 5.41) is 6.27. The first-order valence-electron chi connectivity index (χ1n) is 13.5. The van der Waals surface area contributed by atoms with Gasteiger partial charge in [-0.3, -0.25) is 14.3 Å². The van der Waals surface area contributed by atoms with E-state index in [-0.39, 0.29) is 35.7 Å². The molecule has 0 radical (unpaired) electrons. The molecule has 1 fully saturated rings. The predicted molar refractivity (Wildman–Crippen MR) is 146 cm³/mol. The van der Waals surface area contributed by atoms with Gasteiger partial charge in [0, 0.05) is 37.1 Å². The SMILES string of the molecule is Cc1cc(C(F)(F)F)nn1CC(=O)N1CCC(c2nc(C(=O)N(C)C3c4ccccc4CCC3(C)C)cs2)CC1. The van der Waals surface area contributed by atoms with Crippen LogP contribution in [-0.2, 0) is 23.9 Å². The van der Waals surface area contributed by atoms with Gasteiger partial charge in [-0.1, -0.05) is 38.1 Å². The van der Waals surface area contributed by atoms with E-state index >= 15 is 0 Å². The van der Waals surface area contributed by atoms with Crippen LogP contribution >= 0.6 is 11.3 Å². The summed E-state index contributed by atoms with van der Waals surface area (Å²) in [6.07, 6.45) is -1.19. The second-order valence-corrected chi connectivity index (χ2v) is 12.4. The van der Waals surface area contributed by atoms with Crippen LogP contribution in [0.25, 0.3) is 0 Å². The van der Waals surface area contributed by atoms with Crippen LogP contribution in [0.1, 0.15) is 83.1 Å². The van der Waals surface area contributed by atoms with E-state index in [1.165, 1.54) is 29.4 Å². The van der Waals surface area contributed by atoms with Gasteiger partial charge in [0.15, 0.2) is 5.69 Å². The number of rotatable bonds is 5. The molecule has 1 aromatic carbocycles. The average molecular weight is 574 g/mol. The summed E-state index contributed by atoms with van der Waals surface area (Å²) in [6, 6.07) is 9.24. The Hall–Kier alpha value is -3.21. The molecule has 1 aliphatic heterocycles. The van der Waals surface area contributed by atoms with Crippen molar-refractivity contribution in [3.63, 3.8) is 0 Å². The highest BCUT2D eigenvalue weighted by Crippen LogP contribution is 2.47. The zero-order valence-corrected chi connectivity index (χ0v) is 24.0. The van der Waals surface area contributed by atoms with Gasteiger partial charge in [-0.15, -0.1) is 11.3 Å². The smallest absolute Gasteiger partial charge is 0.341 e. The molecule has 0 spiro atoms. The Morgan fingerprint density at radius 1 is 1.18 bits per heavy atom. The summed E-state index contributed by atoms with van der Waals surface area (Å²) in [4.78, 5) is 34.6. The van der Waals surface area contributed by atoms with Gasteiger partial charge in [0.25, 0.3) is 5.91 Å². The van der Waals surface area contributed by atoms with Crippen molar-refractivity contribution in [2.75, 3.05) is 20.1 Å². The van der Waals surface area contributed by atoms with Crippen molar-refractivity contribution in [1.29, 1.82) is 0 Å². The van der Waals surface area contributed by atoms with Gasteiger partial charge in [-0.05, 0) is 55.2 Å². The number of benzene rings is 1. The molecule has 3 heterocycles. The fourth-order valence-corrected chi connectivity index (χ4v) is 7.03. The summed E-state index contributed by atoms with van der Waals surface area (Å²) in [5.74, 6) is -0.237. The molecule has 1 aliphatic carbocycles. The second kappa shape index (κ2) is 10.6. The molecule has 7 nitrogen and oxygen atoms in total. The van der Waals surface area contributed by atoms with E-state index in [0.29, 0.717) is 37.3 Å². The lowest BCUT2D eigenvalue weighted by Gasteiger charge is -2.44. The van der Waals surface area contributed by atoms with Crippen molar-refractivity contribution in [2.45, 2.75) is 71.1 Å². The van der Waals surface area contributed by atoms with Crippen LogP contribution in [0.2, 0.25) is 0 Å². The van der Waals surface area contributed by atoms with E-state index in [1.807, 2.05) is 29.5 Å². The number of likely N-dealkylation sites (tertiary alicyclic amines) is 1. The molecule has 5 rings (SSSR count). The number of aryl methyl sites for hydroxylation is 2. The Bertz CT molecular complexity index is 1400. The lowest BCUT2D eigenvalue weighted by molar-refractivity contribution is -0.142. The molecule has 214 valence electrons. The molecule has 1 atom stereocenters. The number of hydrogen-bond acceptors (Lipinski definition) is 5. The summed E-state index contributed by atoms with van der Waals surface area (Å²) < 4.78 is 40.0. The molecule has 1 unspecified atom stereocenters. The monoisotopic (exact) mass is 573 g/mol. The predicted octanol–water partition coefficient (Wildman–Crippen LogP) is 5.86. The second-order valence-electron chi connectivity index (χ2n) is 11.6. The maximum absolute atomic E-state index is 13.6. The molecule has 2 aromatic heterocycles. The number of thiazole rings is 1. The largest absolute Gasteiger partial charge is 0.435 e. The molecule has 2 amide bonds. The van der Waals surface area contributed by atoms with E-state index in [0.717, 1.165) is 28.6 Å². The topological polar surface area (TPSA) is 71.3 Å². The molecule has 40 heavy (non-hydrogen) atoms. The maximum atomic E-state index is 13.6. The van der Waals surface area contributed by atoms with Gasteiger partial charge >= 0.3 is 6.18 Å². The average Bonchev–Trinajstić information content (AvgIpc) is 3.55. The molecule has 0 bridgehead atoms. The van der Waals surface area contributed by atoms with Gasteiger partial charge in [0.1, 0.15) is 12.2 Å². The highest BCUT2D eigenvalue weighted by molar-refractivity contribution is 7.09. The first-order valence-corrected chi connectivity index (χ1v) is 14.4. The van der Waals surface area contributed by atoms with Crippen LogP contribution in [0.4, 0.5) is 13.2 Å². The number of nitrogens with zero attached hydrogens (tertiary/aromatic N) is 5. The number of alkyl halides is 3. The number of carbonyl (C=O) groups excluding carboxylic acids is 2. The molecular weight excluding hydrogens is 539 g/mol. The number of aromatic nitrogens is 3. The third-order valence-corrected chi connectivity index (χ3v) is 9.34. The van der Waals surface area contributed by atoms with Crippen LogP contribution in [0, 0.1) is 12.3 Å². The summed E-state index contributed by atoms with van der Waals surface area (Å²) in [5.41, 5.74) is 2.15. The van der Waals surface area contributed by atoms with Gasteiger partial charge < -0.3 is 9.80 Å². The van der Waals surface area contributed by atoms with Crippen LogP contribution in [0.15, 0.2) is 35.7 Å². The van der Waals surface area contributed by atoms with Crippen molar-refractivity contribution >= 4 is 23.2 Å². The zero-order chi connectivity index (χ0) is 28.8. The number of carbonyl (C=O) groups is 2. The van der Waals surface area contributed by atoms with Crippen molar-refractivity contribution in [3.05, 3.63) is 68.9 Å². The Kier molecular flexibility index (Phi) is 7.54. The van der Waals surface area contributed by atoms with Crippen molar-refractivity contribution in [2.24, 2.45) is 5.41 Å². The third kappa shape index (κ3) is 5.53. The first-order chi connectivity index (χ1) is 18.8. The molecular formula is C29H34F3N5O2S. The minimum atomic E-state index is -4.54. The number of halogens is 3. The van der Waals surface area contributed by atoms with E-state index < -0.39 is 11.9 Å². The Balaban J connectivity index is 1.21. The van der Waals surface area contributed by atoms with Crippen LogP contribution in [0.3, 0.4) is 0 Å². The van der Waals surface area contributed by atoms with Crippen molar-refractivity contribution in [1.82, 2.24) is 24.6 Å². The maximum Gasteiger partial charge on any atom is 0.435 e. The summed E-state index contributed by atoms with van der Waals surface area (Å²) in [7, 11) is 1.86. The highest BCUT2D eigenvalue weighted by atomic mass is 32.1. The van der Waals surface area contributed by atoms with Gasteiger partial charge in [0.2, 0.25) is 5.91 Å².